The van der Waals surface area contributed by atoms with Crippen molar-refractivity contribution in [2.75, 3.05) is 0 Å². The first kappa shape index (κ1) is 14.2. The van der Waals surface area contributed by atoms with E-state index in [-0.39, 0.29) is 5.41 Å². The minimum Gasteiger partial charge on any atom is -0.192 e. The third kappa shape index (κ3) is 2.06. The van der Waals surface area contributed by atoms with Crippen LogP contribution in [-0.4, -0.2) is 0 Å². The zero-order valence-corrected chi connectivity index (χ0v) is 12.5. The molecule has 20 heavy (non-hydrogen) atoms. The molecule has 0 heterocycles. The van der Waals surface area contributed by atoms with Gasteiger partial charge in [0, 0.05) is 5.41 Å². The lowest BCUT2D eigenvalue weighted by Crippen LogP contribution is -2.16. The average molecular weight is 261 g/mol. The Kier molecular flexibility index (Phi) is 3.56. The minimum atomic E-state index is -0.116. The summed E-state index contributed by atoms with van der Waals surface area (Å²) in [6, 6.07) is 8.20. The second-order valence-corrected chi connectivity index (χ2v) is 5.98. The maximum absolute atomic E-state index is 9.12. The molecule has 0 fully saturated rings. The molecule has 0 radical (unpaired) electrons. The van der Waals surface area contributed by atoms with Gasteiger partial charge in [0.15, 0.2) is 0 Å². The SMILES string of the molecule is C#C/C=C\C1=C(C(C)C)c2ccc(C#N)cc2C1(C)C. The summed E-state index contributed by atoms with van der Waals surface area (Å²) in [6.45, 7) is 8.78. The maximum Gasteiger partial charge on any atom is 0.0991 e. The standard InChI is InChI=1S/C19H19N/c1-6-7-8-16-18(13(2)3)15-10-9-14(12-20)11-17(15)19(16,4)5/h1,7-11,13H,2-5H3/b8-7-. The summed E-state index contributed by atoms with van der Waals surface area (Å²) in [5.74, 6) is 2.99. The molecule has 0 atom stereocenters. The van der Waals surface area contributed by atoms with Crippen molar-refractivity contribution in [2.45, 2.75) is 33.1 Å². The summed E-state index contributed by atoms with van der Waals surface area (Å²) in [4.78, 5) is 0. The normalized spacial score (nSPS) is 16.4. The van der Waals surface area contributed by atoms with Gasteiger partial charge in [-0.3, -0.25) is 0 Å². The van der Waals surface area contributed by atoms with Gasteiger partial charge in [0.2, 0.25) is 0 Å². The Bertz CT molecular complexity index is 685. The Morgan fingerprint density at radius 1 is 1.30 bits per heavy atom. The molecule has 0 aromatic heterocycles. The Morgan fingerprint density at radius 3 is 2.55 bits per heavy atom. The molecule has 0 bridgehead atoms. The van der Waals surface area contributed by atoms with Crippen LogP contribution in [0.15, 0.2) is 35.9 Å². The van der Waals surface area contributed by atoms with E-state index in [1.165, 1.54) is 22.3 Å². The fraction of sp³-hybridized carbons (Fsp3) is 0.316. The number of nitriles is 1. The van der Waals surface area contributed by atoms with E-state index in [0.29, 0.717) is 11.5 Å². The highest BCUT2D eigenvalue weighted by Crippen LogP contribution is 2.49. The summed E-state index contributed by atoms with van der Waals surface area (Å²) in [5, 5.41) is 9.12. The van der Waals surface area contributed by atoms with E-state index >= 15 is 0 Å². The first-order chi connectivity index (χ1) is 9.43. The van der Waals surface area contributed by atoms with Crippen molar-refractivity contribution >= 4 is 5.57 Å². The number of benzene rings is 1. The Morgan fingerprint density at radius 2 is 2.00 bits per heavy atom. The summed E-state index contributed by atoms with van der Waals surface area (Å²) in [7, 11) is 0. The van der Waals surface area contributed by atoms with Gasteiger partial charge in [-0.2, -0.15) is 5.26 Å². The van der Waals surface area contributed by atoms with Crippen molar-refractivity contribution in [3.63, 3.8) is 0 Å². The highest BCUT2D eigenvalue weighted by atomic mass is 14.4. The van der Waals surface area contributed by atoms with E-state index < -0.39 is 0 Å². The highest BCUT2D eigenvalue weighted by Gasteiger charge is 2.37. The third-order valence-corrected chi connectivity index (χ3v) is 4.00. The van der Waals surface area contributed by atoms with Crippen molar-refractivity contribution in [1.29, 1.82) is 5.26 Å². The number of rotatable bonds is 2. The molecule has 1 aliphatic carbocycles. The third-order valence-electron chi connectivity index (χ3n) is 4.00. The lowest BCUT2D eigenvalue weighted by Gasteiger charge is -2.23. The summed E-state index contributed by atoms with van der Waals surface area (Å²) in [6.07, 6.45) is 9.17. The van der Waals surface area contributed by atoms with Crippen molar-refractivity contribution in [3.05, 3.63) is 52.6 Å². The van der Waals surface area contributed by atoms with Crippen LogP contribution in [0.4, 0.5) is 0 Å². The van der Waals surface area contributed by atoms with Gasteiger partial charge in [-0.1, -0.05) is 39.7 Å². The van der Waals surface area contributed by atoms with Gasteiger partial charge < -0.3 is 0 Å². The molecule has 1 aromatic rings. The number of fused-ring (bicyclic) bond motifs is 1. The minimum absolute atomic E-state index is 0.116. The predicted molar refractivity (Wildman–Crippen MR) is 83.9 cm³/mol. The quantitative estimate of drug-likeness (QED) is 0.722. The van der Waals surface area contributed by atoms with E-state index in [4.69, 9.17) is 11.7 Å². The fourth-order valence-electron chi connectivity index (χ4n) is 3.04. The Balaban J connectivity index is 2.74. The van der Waals surface area contributed by atoms with E-state index in [1.807, 2.05) is 18.2 Å². The number of terminal acetylenes is 1. The van der Waals surface area contributed by atoms with Crippen LogP contribution in [0.3, 0.4) is 0 Å². The zero-order chi connectivity index (χ0) is 14.9. The van der Waals surface area contributed by atoms with Gasteiger partial charge in [-0.25, -0.2) is 0 Å². The molecule has 0 saturated carbocycles. The molecule has 1 aromatic carbocycles. The van der Waals surface area contributed by atoms with E-state index in [0.717, 1.165) is 0 Å². The first-order valence-corrected chi connectivity index (χ1v) is 6.85. The molecular weight excluding hydrogens is 242 g/mol. The molecular formula is C19H19N. The van der Waals surface area contributed by atoms with Crippen LogP contribution in [0.1, 0.15) is 44.4 Å². The number of nitrogens with zero attached hydrogens (tertiary/aromatic N) is 1. The molecule has 0 saturated heterocycles. The van der Waals surface area contributed by atoms with Crippen molar-refractivity contribution in [3.8, 4) is 18.4 Å². The van der Waals surface area contributed by atoms with Gasteiger partial charge in [-0.15, -0.1) is 6.42 Å². The summed E-state index contributed by atoms with van der Waals surface area (Å²) >= 11 is 0. The zero-order valence-electron chi connectivity index (χ0n) is 12.5. The van der Waals surface area contributed by atoms with Gasteiger partial charge in [0.05, 0.1) is 11.6 Å². The highest BCUT2D eigenvalue weighted by molar-refractivity contribution is 5.83. The summed E-state index contributed by atoms with van der Waals surface area (Å²) < 4.78 is 0. The molecule has 0 spiro atoms. The van der Waals surface area contributed by atoms with E-state index in [1.54, 1.807) is 6.08 Å². The monoisotopic (exact) mass is 261 g/mol. The largest absolute Gasteiger partial charge is 0.192 e. The molecule has 1 aliphatic rings. The Labute approximate surface area is 121 Å². The molecule has 0 amide bonds. The summed E-state index contributed by atoms with van der Waals surface area (Å²) in [5.41, 5.74) is 5.66. The van der Waals surface area contributed by atoms with Crippen LogP contribution in [0, 0.1) is 29.6 Å². The second-order valence-electron chi connectivity index (χ2n) is 5.98. The van der Waals surface area contributed by atoms with Crippen molar-refractivity contribution < 1.29 is 0 Å². The first-order valence-electron chi connectivity index (χ1n) is 6.85. The van der Waals surface area contributed by atoms with Crippen LogP contribution < -0.4 is 0 Å². The fourth-order valence-corrected chi connectivity index (χ4v) is 3.04. The number of hydrogen-bond acceptors (Lipinski definition) is 1. The topological polar surface area (TPSA) is 23.8 Å². The van der Waals surface area contributed by atoms with Crippen LogP contribution in [-0.2, 0) is 5.41 Å². The Hall–Kier alpha value is -2.25. The van der Waals surface area contributed by atoms with E-state index in [9.17, 15) is 0 Å². The van der Waals surface area contributed by atoms with E-state index in [2.05, 4.69) is 45.8 Å². The molecule has 0 unspecified atom stereocenters. The lowest BCUT2D eigenvalue weighted by atomic mass is 9.80. The molecule has 1 nitrogen and oxygen atoms in total. The average Bonchev–Trinajstić information content (AvgIpc) is 2.64. The number of allylic oxidation sites excluding steroid dienone is 4. The molecule has 100 valence electrons. The molecule has 0 N–H and O–H groups in total. The molecule has 0 aliphatic heterocycles. The number of hydrogen-bond donors (Lipinski definition) is 0. The van der Waals surface area contributed by atoms with Crippen molar-refractivity contribution in [2.24, 2.45) is 5.92 Å². The smallest absolute Gasteiger partial charge is 0.0991 e. The van der Waals surface area contributed by atoms with Crippen LogP contribution in [0.25, 0.3) is 5.57 Å². The van der Waals surface area contributed by atoms with Gasteiger partial charge in [0.25, 0.3) is 0 Å². The lowest BCUT2D eigenvalue weighted by molar-refractivity contribution is 0.651. The van der Waals surface area contributed by atoms with Crippen LogP contribution >= 0.6 is 0 Å². The van der Waals surface area contributed by atoms with Crippen LogP contribution in [0.2, 0.25) is 0 Å². The van der Waals surface area contributed by atoms with Crippen molar-refractivity contribution in [1.82, 2.24) is 0 Å². The van der Waals surface area contributed by atoms with Gasteiger partial charge >= 0.3 is 0 Å². The van der Waals surface area contributed by atoms with Crippen LogP contribution in [0.5, 0.6) is 0 Å². The maximum atomic E-state index is 9.12. The predicted octanol–water partition coefficient (Wildman–Crippen LogP) is 4.45. The van der Waals surface area contributed by atoms with Gasteiger partial charge in [0.1, 0.15) is 0 Å². The molecule has 2 rings (SSSR count). The molecule has 1 heteroatoms. The van der Waals surface area contributed by atoms with Gasteiger partial charge in [-0.05, 0) is 52.5 Å². The second kappa shape index (κ2) is 5.03.